The van der Waals surface area contributed by atoms with Gasteiger partial charge in [-0.25, -0.2) is 0 Å². The summed E-state index contributed by atoms with van der Waals surface area (Å²) in [5.74, 6) is -0.778. The van der Waals surface area contributed by atoms with Crippen LogP contribution in [0.3, 0.4) is 0 Å². The van der Waals surface area contributed by atoms with E-state index in [4.69, 9.17) is 5.73 Å². The van der Waals surface area contributed by atoms with Crippen LogP contribution in [-0.2, 0) is 13.1 Å². The number of benzene rings is 1. The smallest absolute Gasteiger partial charge is 0.254 e. The minimum absolute atomic E-state index is 0.219. The predicted octanol–water partition coefficient (Wildman–Crippen LogP) is 2.23. The number of aldehydes is 1. The van der Waals surface area contributed by atoms with Gasteiger partial charge in [0.1, 0.15) is 6.29 Å². The SMILES string of the molecule is NC(=O)c1ccc(CN(Cc2ccccn2)C(=O)c2ccc(C=O)cc2)nc1. The molecule has 2 amide bonds. The molecule has 0 atom stereocenters. The summed E-state index contributed by atoms with van der Waals surface area (Å²) in [6, 6.07) is 15.1. The van der Waals surface area contributed by atoms with E-state index in [0.29, 0.717) is 22.4 Å². The molecule has 0 saturated carbocycles. The van der Waals surface area contributed by atoms with E-state index in [9.17, 15) is 14.4 Å². The average Bonchev–Trinajstić information content (AvgIpc) is 2.74. The molecule has 7 nitrogen and oxygen atoms in total. The van der Waals surface area contributed by atoms with E-state index in [1.54, 1.807) is 53.6 Å². The van der Waals surface area contributed by atoms with Crippen molar-refractivity contribution in [1.29, 1.82) is 0 Å². The zero-order chi connectivity index (χ0) is 19.9. The van der Waals surface area contributed by atoms with E-state index in [1.807, 2.05) is 12.1 Å². The van der Waals surface area contributed by atoms with Gasteiger partial charge in [0.2, 0.25) is 5.91 Å². The molecule has 1 aromatic carbocycles. The van der Waals surface area contributed by atoms with Gasteiger partial charge < -0.3 is 10.6 Å². The fourth-order valence-corrected chi connectivity index (χ4v) is 2.63. The largest absolute Gasteiger partial charge is 0.366 e. The van der Waals surface area contributed by atoms with Crippen molar-refractivity contribution in [2.45, 2.75) is 13.1 Å². The lowest BCUT2D eigenvalue weighted by molar-refractivity contribution is 0.0725. The van der Waals surface area contributed by atoms with E-state index in [-0.39, 0.29) is 19.0 Å². The minimum Gasteiger partial charge on any atom is -0.366 e. The zero-order valence-electron chi connectivity index (χ0n) is 15.0. The number of carbonyl (C=O) groups is 3. The topological polar surface area (TPSA) is 106 Å². The van der Waals surface area contributed by atoms with Crippen LogP contribution in [-0.4, -0.2) is 33.0 Å². The number of hydrogen-bond acceptors (Lipinski definition) is 5. The lowest BCUT2D eigenvalue weighted by Crippen LogP contribution is -2.31. The summed E-state index contributed by atoms with van der Waals surface area (Å²) < 4.78 is 0. The van der Waals surface area contributed by atoms with Crippen LogP contribution in [0.15, 0.2) is 67.0 Å². The normalized spacial score (nSPS) is 10.3. The molecule has 28 heavy (non-hydrogen) atoms. The highest BCUT2D eigenvalue weighted by molar-refractivity contribution is 5.95. The van der Waals surface area contributed by atoms with Crippen molar-refractivity contribution in [1.82, 2.24) is 14.9 Å². The second kappa shape index (κ2) is 8.68. The third kappa shape index (κ3) is 4.64. The zero-order valence-corrected chi connectivity index (χ0v) is 15.0. The number of amides is 2. The monoisotopic (exact) mass is 374 g/mol. The van der Waals surface area contributed by atoms with Crippen molar-refractivity contribution in [2.24, 2.45) is 5.73 Å². The highest BCUT2D eigenvalue weighted by Crippen LogP contribution is 2.13. The standard InChI is InChI=1S/C21H18N4O3/c22-20(27)17-8-9-19(24-11-17)13-25(12-18-3-1-2-10-23-18)21(28)16-6-4-15(14-26)5-7-16/h1-11,14H,12-13H2,(H2,22,27). The third-order valence-corrected chi connectivity index (χ3v) is 4.12. The number of nitrogens with two attached hydrogens (primary N) is 1. The first kappa shape index (κ1) is 18.9. The quantitative estimate of drug-likeness (QED) is 0.638. The van der Waals surface area contributed by atoms with Crippen molar-refractivity contribution >= 4 is 18.1 Å². The van der Waals surface area contributed by atoms with Crippen molar-refractivity contribution in [3.8, 4) is 0 Å². The summed E-state index contributed by atoms with van der Waals surface area (Å²) in [4.78, 5) is 45.2. The molecular formula is C21H18N4O3. The Labute approximate surface area is 161 Å². The van der Waals surface area contributed by atoms with Crippen LogP contribution in [0.5, 0.6) is 0 Å². The number of primary amides is 1. The Morgan fingerprint density at radius 1 is 0.893 bits per heavy atom. The van der Waals surface area contributed by atoms with Gasteiger partial charge in [0.15, 0.2) is 0 Å². The van der Waals surface area contributed by atoms with Crippen molar-refractivity contribution in [3.63, 3.8) is 0 Å². The first-order chi connectivity index (χ1) is 13.6. The van der Waals surface area contributed by atoms with E-state index >= 15 is 0 Å². The maximum absolute atomic E-state index is 13.0. The molecule has 0 bridgehead atoms. The molecule has 0 spiro atoms. The van der Waals surface area contributed by atoms with Gasteiger partial charge in [-0.2, -0.15) is 0 Å². The third-order valence-electron chi connectivity index (χ3n) is 4.12. The van der Waals surface area contributed by atoms with Gasteiger partial charge in [-0.3, -0.25) is 24.4 Å². The molecule has 0 aliphatic rings. The highest BCUT2D eigenvalue weighted by atomic mass is 16.2. The summed E-state index contributed by atoms with van der Waals surface area (Å²) in [6.45, 7) is 0.512. The number of carbonyl (C=O) groups excluding carboxylic acids is 3. The molecule has 2 heterocycles. The first-order valence-corrected chi connectivity index (χ1v) is 8.56. The maximum atomic E-state index is 13.0. The highest BCUT2D eigenvalue weighted by Gasteiger charge is 2.18. The van der Waals surface area contributed by atoms with Gasteiger partial charge in [0.05, 0.1) is 30.0 Å². The van der Waals surface area contributed by atoms with E-state index in [2.05, 4.69) is 9.97 Å². The van der Waals surface area contributed by atoms with Crippen LogP contribution in [0, 0.1) is 0 Å². The van der Waals surface area contributed by atoms with Crippen LogP contribution >= 0.6 is 0 Å². The summed E-state index contributed by atoms with van der Waals surface area (Å²) in [7, 11) is 0. The Hall–Kier alpha value is -3.87. The van der Waals surface area contributed by atoms with Crippen LogP contribution < -0.4 is 5.73 Å². The van der Waals surface area contributed by atoms with Gasteiger partial charge >= 0.3 is 0 Å². The molecule has 0 radical (unpaired) electrons. The Bertz CT molecular complexity index is 971. The molecule has 0 saturated heterocycles. The van der Waals surface area contributed by atoms with Gasteiger partial charge in [0, 0.05) is 23.5 Å². The first-order valence-electron chi connectivity index (χ1n) is 8.56. The summed E-state index contributed by atoms with van der Waals surface area (Å²) in [5, 5.41) is 0. The van der Waals surface area contributed by atoms with Gasteiger partial charge in [-0.1, -0.05) is 18.2 Å². The van der Waals surface area contributed by atoms with Gasteiger partial charge in [-0.05, 0) is 36.4 Å². The number of hydrogen-bond donors (Lipinski definition) is 1. The van der Waals surface area contributed by atoms with Crippen molar-refractivity contribution in [2.75, 3.05) is 0 Å². The van der Waals surface area contributed by atoms with Gasteiger partial charge in [-0.15, -0.1) is 0 Å². The van der Waals surface area contributed by atoms with Crippen LogP contribution in [0.2, 0.25) is 0 Å². The summed E-state index contributed by atoms with van der Waals surface area (Å²) in [6.07, 6.45) is 3.78. The fourth-order valence-electron chi connectivity index (χ4n) is 2.63. The molecule has 0 aliphatic heterocycles. The van der Waals surface area contributed by atoms with Crippen LogP contribution in [0.4, 0.5) is 0 Å². The maximum Gasteiger partial charge on any atom is 0.254 e. The Morgan fingerprint density at radius 3 is 2.11 bits per heavy atom. The number of pyridine rings is 2. The fraction of sp³-hybridized carbons (Fsp3) is 0.0952. The Morgan fingerprint density at radius 2 is 1.57 bits per heavy atom. The minimum atomic E-state index is -0.560. The second-order valence-corrected chi connectivity index (χ2v) is 6.12. The second-order valence-electron chi connectivity index (χ2n) is 6.12. The molecular weight excluding hydrogens is 356 g/mol. The molecule has 0 unspecified atom stereocenters. The molecule has 140 valence electrons. The van der Waals surface area contributed by atoms with E-state index < -0.39 is 5.91 Å². The number of rotatable bonds is 7. The van der Waals surface area contributed by atoms with Crippen LogP contribution in [0.1, 0.15) is 42.5 Å². The average molecular weight is 374 g/mol. The lowest BCUT2D eigenvalue weighted by atomic mass is 10.1. The molecule has 0 fully saturated rings. The molecule has 7 heteroatoms. The van der Waals surface area contributed by atoms with Crippen LogP contribution in [0.25, 0.3) is 0 Å². The number of aromatic nitrogens is 2. The molecule has 0 aliphatic carbocycles. The Kier molecular flexibility index (Phi) is 5.86. The summed E-state index contributed by atoms with van der Waals surface area (Å²) in [5.41, 5.74) is 7.83. The lowest BCUT2D eigenvalue weighted by Gasteiger charge is -2.22. The molecule has 2 aromatic heterocycles. The number of nitrogens with zero attached hydrogens (tertiary/aromatic N) is 3. The molecule has 3 rings (SSSR count). The predicted molar refractivity (Wildman–Crippen MR) is 102 cm³/mol. The Balaban J connectivity index is 1.86. The van der Waals surface area contributed by atoms with Gasteiger partial charge in [0.25, 0.3) is 5.91 Å². The van der Waals surface area contributed by atoms with E-state index in [0.717, 1.165) is 12.0 Å². The van der Waals surface area contributed by atoms with Crippen molar-refractivity contribution in [3.05, 3.63) is 95.1 Å². The molecule has 2 N–H and O–H groups in total. The van der Waals surface area contributed by atoms with E-state index in [1.165, 1.54) is 6.20 Å². The van der Waals surface area contributed by atoms with Crippen molar-refractivity contribution < 1.29 is 14.4 Å². The summed E-state index contributed by atoms with van der Waals surface area (Å²) >= 11 is 0. The molecule has 3 aromatic rings.